The van der Waals surface area contributed by atoms with Crippen molar-refractivity contribution in [2.24, 2.45) is 5.14 Å². The van der Waals surface area contributed by atoms with Gasteiger partial charge in [0.1, 0.15) is 5.75 Å². The van der Waals surface area contributed by atoms with Crippen LogP contribution in [-0.4, -0.2) is 23.4 Å². The summed E-state index contributed by atoms with van der Waals surface area (Å²) in [6, 6.07) is 9.48. The van der Waals surface area contributed by atoms with Crippen molar-refractivity contribution < 1.29 is 30.4 Å². The summed E-state index contributed by atoms with van der Waals surface area (Å²) >= 11 is 0. The van der Waals surface area contributed by atoms with E-state index >= 15 is 0 Å². The molecule has 11 heteroatoms. The third-order valence-corrected chi connectivity index (χ3v) is 5.07. The van der Waals surface area contributed by atoms with Crippen LogP contribution in [-0.2, 0) is 20.0 Å². The van der Waals surface area contributed by atoms with Gasteiger partial charge in [-0.05, 0) is 30.3 Å². The lowest BCUT2D eigenvalue weighted by molar-refractivity contribution is -0.0493. The zero-order chi connectivity index (χ0) is 18.0. The molecule has 0 aliphatic carbocycles. The Morgan fingerprint density at radius 1 is 0.958 bits per heavy atom. The molecule has 0 aliphatic heterocycles. The number of hydrogen-bond donors (Lipinski definition) is 2. The van der Waals surface area contributed by atoms with E-state index in [2.05, 4.69) is 9.46 Å². The number of sulfonamides is 2. The Labute approximate surface area is 137 Å². The number of ether oxygens (including phenoxy) is 1. The highest BCUT2D eigenvalue weighted by Crippen LogP contribution is 2.28. The zero-order valence-electron chi connectivity index (χ0n) is 11.9. The van der Waals surface area contributed by atoms with Gasteiger partial charge in [-0.3, -0.25) is 4.72 Å². The quantitative estimate of drug-likeness (QED) is 0.794. The SMILES string of the molecule is NS(=O)(=O)c1cccc(S(=O)(=O)Nc2ccccc2OC(F)F)c1. The first-order valence-corrected chi connectivity index (χ1v) is 9.32. The molecule has 0 saturated heterocycles. The summed E-state index contributed by atoms with van der Waals surface area (Å²) in [6.07, 6.45) is 0. The molecule has 0 fully saturated rings. The van der Waals surface area contributed by atoms with E-state index in [1.54, 1.807) is 0 Å². The van der Waals surface area contributed by atoms with E-state index in [0.717, 1.165) is 24.3 Å². The van der Waals surface area contributed by atoms with Crippen molar-refractivity contribution in [1.29, 1.82) is 0 Å². The van der Waals surface area contributed by atoms with Crippen molar-refractivity contribution in [3.8, 4) is 5.75 Å². The molecular weight excluding hydrogens is 366 g/mol. The Kier molecular flexibility index (Phi) is 5.06. The Bertz CT molecular complexity index is 946. The molecule has 0 amide bonds. The molecule has 0 saturated carbocycles. The van der Waals surface area contributed by atoms with Gasteiger partial charge in [0.05, 0.1) is 15.5 Å². The van der Waals surface area contributed by atoms with Gasteiger partial charge < -0.3 is 4.74 Å². The summed E-state index contributed by atoms with van der Waals surface area (Å²) in [5.74, 6) is -0.376. The van der Waals surface area contributed by atoms with Crippen LogP contribution in [0.25, 0.3) is 0 Å². The predicted molar refractivity (Wildman–Crippen MR) is 81.7 cm³/mol. The van der Waals surface area contributed by atoms with E-state index in [0.29, 0.717) is 0 Å². The zero-order valence-corrected chi connectivity index (χ0v) is 13.5. The number of para-hydroxylation sites is 2. The number of primary sulfonamides is 1. The van der Waals surface area contributed by atoms with Gasteiger partial charge >= 0.3 is 6.61 Å². The molecule has 3 N–H and O–H groups in total. The number of halogens is 2. The second-order valence-electron chi connectivity index (χ2n) is 4.50. The van der Waals surface area contributed by atoms with Crippen LogP contribution in [0.5, 0.6) is 5.75 Å². The molecule has 0 aliphatic rings. The monoisotopic (exact) mass is 378 g/mol. The maximum Gasteiger partial charge on any atom is 0.387 e. The van der Waals surface area contributed by atoms with Gasteiger partial charge in [0.2, 0.25) is 10.0 Å². The second kappa shape index (κ2) is 6.71. The van der Waals surface area contributed by atoms with Gasteiger partial charge in [-0.2, -0.15) is 8.78 Å². The van der Waals surface area contributed by atoms with Crippen molar-refractivity contribution in [1.82, 2.24) is 0 Å². The van der Waals surface area contributed by atoms with Crippen molar-refractivity contribution in [3.63, 3.8) is 0 Å². The Balaban J connectivity index is 2.40. The molecule has 24 heavy (non-hydrogen) atoms. The first kappa shape index (κ1) is 18.1. The minimum atomic E-state index is -4.25. The first-order valence-electron chi connectivity index (χ1n) is 6.29. The Morgan fingerprint density at radius 3 is 2.21 bits per heavy atom. The Hall–Kier alpha value is -2.24. The normalized spacial score (nSPS) is 12.2. The van der Waals surface area contributed by atoms with Gasteiger partial charge in [-0.1, -0.05) is 18.2 Å². The molecule has 0 bridgehead atoms. The van der Waals surface area contributed by atoms with Gasteiger partial charge in [0, 0.05) is 0 Å². The van der Waals surface area contributed by atoms with Crippen molar-refractivity contribution >= 4 is 25.7 Å². The van der Waals surface area contributed by atoms with Crippen molar-refractivity contribution in [2.45, 2.75) is 16.4 Å². The highest BCUT2D eigenvalue weighted by atomic mass is 32.2. The summed E-state index contributed by atoms with van der Waals surface area (Å²) < 4.78 is 78.3. The van der Waals surface area contributed by atoms with Crippen LogP contribution in [0.15, 0.2) is 58.3 Å². The van der Waals surface area contributed by atoms with Crippen LogP contribution in [0, 0.1) is 0 Å². The molecule has 0 unspecified atom stereocenters. The first-order chi connectivity index (χ1) is 11.1. The average Bonchev–Trinajstić information content (AvgIpc) is 2.48. The largest absolute Gasteiger partial charge is 0.433 e. The fraction of sp³-hybridized carbons (Fsp3) is 0.0769. The molecule has 0 radical (unpaired) electrons. The summed E-state index contributed by atoms with van der Waals surface area (Å²) in [5.41, 5.74) is -0.223. The van der Waals surface area contributed by atoms with Gasteiger partial charge in [-0.25, -0.2) is 22.0 Å². The average molecular weight is 378 g/mol. The smallest absolute Gasteiger partial charge is 0.387 e. The topological polar surface area (TPSA) is 116 Å². The molecule has 0 spiro atoms. The lowest BCUT2D eigenvalue weighted by atomic mass is 10.3. The summed E-state index contributed by atoms with van der Waals surface area (Å²) in [4.78, 5) is -0.802. The van der Waals surface area contributed by atoms with Gasteiger partial charge in [0.25, 0.3) is 10.0 Å². The maximum atomic E-state index is 12.4. The number of alkyl halides is 2. The number of hydrogen-bond acceptors (Lipinski definition) is 5. The lowest BCUT2D eigenvalue weighted by Crippen LogP contribution is -2.16. The van der Waals surface area contributed by atoms with E-state index in [1.807, 2.05) is 0 Å². The van der Waals surface area contributed by atoms with Gasteiger partial charge in [-0.15, -0.1) is 0 Å². The molecule has 130 valence electrons. The van der Waals surface area contributed by atoms with E-state index in [1.165, 1.54) is 24.3 Å². The molecular formula is C13H12F2N2O5S2. The number of nitrogens with one attached hydrogen (secondary N) is 1. The minimum Gasteiger partial charge on any atom is -0.433 e. The highest BCUT2D eigenvalue weighted by Gasteiger charge is 2.20. The molecule has 0 heterocycles. The summed E-state index contributed by atoms with van der Waals surface area (Å²) in [5, 5.41) is 4.95. The summed E-state index contributed by atoms with van der Waals surface area (Å²) in [7, 11) is -8.35. The Morgan fingerprint density at radius 2 is 1.58 bits per heavy atom. The highest BCUT2D eigenvalue weighted by molar-refractivity contribution is 7.93. The molecule has 2 aromatic carbocycles. The third kappa shape index (κ3) is 4.40. The standard InChI is InChI=1S/C13H12F2N2O5S2/c14-13(15)22-12-7-2-1-6-11(12)17-24(20,21)10-5-3-4-9(8-10)23(16,18)19/h1-8,13,17H,(H2,16,18,19). The van der Waals surface area contributed by atoms with Crippen molar-refractivity contribution in [2.75, 3.05) is 4.72 Å². The molecule has 7 nitrogen and oxygen atoms in total. The maximum absolute atomic E-state index is 12.4. The van der Waals surface area contributed by atoms with Crippen LogP contribution >= 0.6 is 0 Å². The fourth-order valence-corrected chi connectivity index (χ4v) is 3.52. The van der Waals surface area contributed by atoms with Gasteiger partial charge in [0.15, 0.2) is 0 Å². The van der Waals surface area contributed by atoms with Crippen LogP contribution in [0.2, 0.25) is 0 Å². The summed E-state index contributed by atoms with van der Waals surface area (Å²) in [6.45, 7) is -3.14. The fourth-order valence-electron chi connectivity index (χ4n) is 1.77. The minimum absolute atomic E-state index is 0.223. The molecule has 0 aromatic heterocycles. The van der Waals surface area contributed by atoms with E-state index in [9.17, 15) is 25.6 Å². The van der Waals surface area contributed by atoms with Crippen LogP contribution in [0.1, 0.15) is 0 Å². The van der Waals surface area contributed by atoms with E-state index < -0.39 is 36.4 Å². The van der Waals surface area contributed by atoms with Crippen LogP contribution in [0.3, 0.4) is 0 Å². The lowest BCUT2D eigenvalue weighted by Gasteiger charge is -2.13. The molecule has 2 aromatic rings. The second-order valence-corrected chi connectivity index (χ2v) is 7.74. The van der Waals surface area contributed by atoms with Crippen LogP contribution in [0.4, 0.5) is 14.5 Å². The van der Waals surface area contributed by atoms with Crippen LogP contribution < -0.4 is 14.6 Å². The number of rotatable bonds is 6. The third-order valence-electron chi connectivity index (χ3n) is 2.79. The van der Waals surface area contributed by atoms with E-state index in [-0.39, 0.29) is 11.4 Å². The number of anilines is 1. The predicted octanol–water partition coefficient (Wildman–Crippen LogP) is 1.74. The molecule has 2 rings (SSSR count). The number of benzene rings is 2. The number of nitrogens with two attached hydrogens (primary N) is 1. The van der Waals surface area contributed by atoms with Crippen molar-refractivity contribution in [3.05, 3.63) is 48.5 Å². The van der Waals surface area contributed by atoms with E-state index in [4.69, 9.17) is 5.14 Å². The molecule has 0 atom stereocenters.